The highest BCUT2D eigenvalue weighted by Gasteiger charge is 2.22. The molecule has 3 heterocycles. The fraction of sp³-hybridized carbons (Fsp3) is 0.154. The smallest absolute Gasteiger partial charge is 0.323 e. The number of hydrogen-bond acceptors (Lipinski definition) is 6. The summed E-state index contributed by atoms with van der Waals surface area (Å²) in [7, 11) is 0. The Morgan fingerprint density at radius 3 is 2.45 bits per heavy atom. The van der Waals surface area contributed by atoms with E-state index in [1.165, 1.54) is 12.3 Å². The second kappa shape index (κ2) is 10.5. The Morgan fingerprint density at radius 1 is 0.895 bits per heavy atom. The van der Waals surface area contributed by atoms with Crippen molar-refractivity contribution < 1.29 is 31.9 Å². The third-order valence-electron chi connectivity index (χ3n) is 5.83. The molecule has 8 nitrogen and oxygen atoms in total. The first-order chi connectivity index (χ1) is 18.3. The van der Waals surface area contributed by atoms with Crippen LogP contribution in [0.25, 0.3) is 10.9 Å². The summed E-state index contributed by atoms with van der Waals surface area (Å²) in [5.41, 5.74) is 0.113. The van der Waals surface area contributed by atoms with Gasteiger partial charge in [-0.05, 0) is 30.3 Å². The molecule has 0 spiro atoms. The standard InChI is InChI=1S/C26H19F4N5O3/c27-18-2-1-15(8-19(18)28)34-26(37)35-16-7-17(24(30)20(29)9-16)25(36)21-6-13-5-14(10-32-22(13)11-33-21)23-12-31-3-4-38-23/h1-2,5-11,23,31H,3-4,12H2,(H2,34,35,37). The Balaban J connectivity index is 1.39. The molecule has 3 N–H and O–H groups in total. The molecule has 2 aromatic carbocycles. The van der Waals surface area contributed by atoms with Gasteiger partial charge in [-0.15, -0.1) is 0 Å². The molecule has 38 heavy (non-hydrogen) atoms. The van der Waals surface area contributed by atoms with Crippen molar-refractivity contribution in [1.29, 1.82) is 0 Å². The number of halogens is 4. The largest absolute Gasteiger partial charge is 0.371 e. The summed E-state index contributed by atoms with van der Waals surface area (Å²) in [6, 6.07) is 6.55. The Bertz CT molecular complexity index is 1560. The summed E-state index contributed by atoms with van der Waals surface area (Å²) in [5.74, 6) is -6.01. The van der Waals surface area contributed by atoms with E-state index in [4.69, 9.17) is 4.74 Å². The number of nitrogens with one attached hydrogen (secondary N) is 3. The van der Waals surface area contributed by atoms with Crippen molar-refractivity contribution in [3.05, 3.63) is 94.9 Å². The molecule has 2 aromatic heterocycles. The van der Waals surface area contributed by atoms with E-state index in [9.17, 15) is 27.2 Å². The van der Waals surface area contributed by atoms with Crippen LogP contribution in [-0.2, 0) is 4.74 Å². The van der Waals surface area contributed by atoms with Crippen molar-refractivity contribution in [3.63, 3.8) is 0 Å². The van der Waals surface area contributed by atoms with Gasteiger partial charge in [0.25, 0.3) is 0 Å². The van der Waals surface area contributed by atoms with Crippen molar-refractivity contribution in [3.8, 4) is 0 Å². The molecule has 194 valence electrons. The number of morpholine rings is 1. The Labute approximate surface area is 213 Å². The predicted molar refractivity (Wildman–Crippen MR) is 130 cm³/mol. The first-order valence-corrected chi connectivity index (χ1v) is 11.4. The van der Waals surface area contributed by atoms with Crippen LogP contribution in [0.1, 0.15) is 27.7 Å². The molecule has 0 radical (unpaired) electrons. The van der Waals surface area contributed by atoms with Gasteiger partial charge in [0, 0.05) is 53.7 Å². The fourth-order valence-corrected chi connectivity index (χ4v) is 3.96. The number of anilines is 2. The zero-order chi connectivity index (χ0) is 26.8. The molecular weight excluding hydrogens is 506 g/mol. The molecule has 1 unspecified atom stereocenters. The van der Waals surface area contributed by atoms with E-state index in [0.29, 0.717) is 30.1 Å². The minimum absolute atomic E-state index is 0.0805. The van der Waals surface area contributed by atoms with Crippen LogP contribution in [0.15, 0.2) is 54.9 Å². The zero-order valence-corrected chi connectivity index (χ0v) is 19.5. The molecule has 12 heteroatoms. The number of hydrogen-bond donors (Lipinski definition) is 3. The Kier molecular flexibility index (Phi) is 6.99. The van der Waals surface area contributed by atoms with Gasteiger partial charge in [0.05, 0.1) is 30.0 Å². The number of pyridine rings is 2. The number of carbonyl (C=O) groups excluding carboxylic acids is 2. The summed E-state index contributed by atoms with van der Waals surface area (Å²) in [6.07, 6.45) is 2.77. The molecule has 0 bridgehead atoms. The van der Waals surface area contributed by atoms with Gasteiger partial charge in [-0.3, -0.25) is 14.8 Å². The van der Waals surface area contributed by atoms with Crippen molar-refractivity contribution in [2.75, 3.05) is 30.3 Å². The first kappa shape index (κ1) is 25.2. The van der Waals surface area contributed by atoms with Crippen LogP contribution in [0.2, 0.25) is 0 Å². The molecule has 2 amide bonds. The van der Waals surface area contributed by atoms with Gasteiger partial charge in [0.2, 0.25) is 5.78 Å². The number of carbonyl (C=O) groups is 2. The van der Waals surface area contributed by atoms with Crippen molar-refractivity contribution in [1.82, 2.24) is 15.3 Å². The quantitative estimate of drug-likeness (QED) is 0.257. The maximum Gasteiger partial charge on any atom is 0.323 e. The number of fused-ring (bicyclic) bond motifs is 1. The molecule has 1 fully saturated rings. The number of nitrogens with zero attached hydrogens (tertiary/aromatic N) is 2. The van der Waals surface area contributed by atoms with E-state index in [-0.39, 0.29) is 23.2 Å². The molecule has 0 saturated carbocycles. The molecule has 1 atom stereocenters. The van der Waals surface area contributed by atoms with Crippen LogP contribution in [0.4, 0.5) is 33.7 Å². The number of rotatable bonds is 5. The van der Waals surface area contributed by atoms with Crippen molar-refractivity contribution >= 4 is 34.1 Å². The second-order valence-corrected chi connectivity index (χ2v) is 8.45. The topological polar surface area (TPSA) is 105 Å². The lowest BCUT2D eigenvalue weighted by molar-refractivity contribution is 0.0276. The van der Waals surface area contributed by atoms with Gasteiger partial charge in [0.15, 0.2) is 23.3 Å². The average molecular weight is 525 g/mol. The lowest BCUT2D eigenvalue weighted by Crippen LogP contribution is -2.33. The monoisotopic (exact) mass is 525 g/mol. The van der Waals surface area contributed by atoms with E-state index in [2.05, 4.69) is 25.9 Å². The van der Waals surface area contributed by atoms with Gasteiger partial charge in [-0.2, -0.15) is 0 Å². The highest BCUT2D eigenvalue weighted by Crippen LogP contribution is 2.25. The van der Waals surface area contributed by atoms with Crippen molar-refractivity contribution in [2.45, 2.75) is 6.10 Å². The Morgan fingerprint density at radius 2 is 1.68 bits per heavy atom. The van der Waals surface area contributed by atoms with Crippen LogP contribution >= 0.6 is 0 Å². The molecule has 1 aliphatic heterocycles. The summed E-state index contributed by atoms with van der Waals surface area (Å²) in [4.78, 5) is 33.8. The SMILES string of the molecule is O=C(Nc1ccc(F)c(F)c1)Nc1cc(F)c(F)c(C(=O)c2cc3cc(C4CNCCO4)cnc3cn2)c1. The summed E-state index contributed by atoms with van der Waals surface area (Å²) < 4.78 is 61.2. The van der Waals surface area contributed by atoms with E-state index in [1.807, 2.05) is 0 Å². The minimum Gasteiger partial charge on any atom is -0.371 e. The molecule has 1 aliphatic rings. The average Bonchev–Trinajstić information content (AvgIpc) is 2.92. The maximum absolute atomic E-state index is 14.6. The van der Waals surface area contributed by atoms with E-state index in [0.717, 1.165) is 36.4 Å². The number of benzene rings is 2. The van der Waals surface area contributed by atoms with E-state index >= 15 is 0 Å². The summed E-state index contributed by atoms with van der Waals surface area (Å²) in [6.45, 7) is 1.87. The van der Waals surface area contributed by atoms with Gasteiger partial charge >= 0.3 is 6.03 Å². The van der Waals surface area contributed by atoms with Gasteiger partial charge in [-0.1, -0.05) is 0 Å². The number of aromatic nitrogens is 2. The van der Waals surface area contributed by atoms with Crippen LogP contribution in [0.5, 0.6) is 0 Å². The molecule has 4 aromatic rings. The predicted octanol–water partition coefficient (Wildman–Crippen LogP) is 4.72. The number of amides is 2. The van der Waals surface area contributed by atoms with Gasteiger partial charge in [-0.25, -0.2) is 22.4 Å². The highest BCUT2D eigenvalue weighted by atomic mass is 19.2. The third-order valence-corrected chi connectivity index (χ3v) is 5.83. The molecule has 0 aliphatic carbocycles. The molecule has 5 rings (SSSR count). The number of urea groups is 1. The molecule has 1 saturated heterocycles. The summed E-state index contributed by atoms with van der Waals surface area (Å²) >= 11 is 0. The van der Waals surface area contributed by atoms with E-state index < -0.39 is 40.6 Å². The number of ketones is 1. The summed E-state index contributed by atoms with van der Waals surface area (Å²) in [5, 5.41) is 8.24. The van der Waals surface area contributed by atoms with Crippen LogP contribution in [0, 0.1) is 23.3 Å². The van der Waals surface area contributed by atoms with Gasteiger partial charge in [0.1, 0.15) is 5.69 Å². The lowest BCUT2D eigenvalue weighted by Gasteiger charge is -2.23. The van der Waals surface area contributed by atoms with Crippen molar-refractivity contribution in [2.24, 2.45) is 0 Å². The Hall–Kier alpha value is -4.42. The molecular formula is C26H19F4N5O3. The fourth-order valence-electron chi connectivity index (χ4n) is 3.96. The van der Waals surface area contributed by atoms with Crippen LogP contribution in [-0.4, -0.2) is 41.5 Å². The van der Waals surface area contributed by atoms with Crippen LogP contribution < -0.4 is 16.0 Å². The third kappa shape index (κ3) is 5.31. The normalized spacial score (nSPS) is 15.3. The first-order valence-electron chi connectivity index (χ1n) is 11.4. The highest BCUT2D eigenvalue weighted by molar-refractivity contribution is 6.10. The van der Waals surface area contributed by atoms with Crippen LogP contribution in [0.3, 0.4) is 0 Å². The second-order valence-electron chi connectivity index (χ2n) is 8.45. The lowest BCUT2D eigenvalue weighted by atomic mass is 10.0. The zero-order valence-electron chi connectivity index (χ0n) is 19.5. The van der Waals surface area contributed by atoms with Gasteiger partial charge < -0.3 is 20.7 Å². The number of ether oxygens (including phenoxy) is 1. The van der Waals surface area contributed by atoms with E-state index in [1.54, 1.807) is 12.3 Å². The maximum atomic E-state index is 14.6. The minimum atomic E-state index is -1.42.